The first-order valence-electron chi connectivity index (χ1n) is 11.3. The van der Waals surface area contributed by atoms with E-state index in [0.29, 0.717) is 25.9 Å². The number of carbonyl (C=O) groups is 2. The van der Waals surface area contributed by atoms with Crippen molar-refractivity contribution in [1.82, 2.24) is 0 Å². The maximum atomic E-state index is 12.8. The molecule has 4 heteroatoms. The molecule has 0 saturated carbocycles. The summed E-state index contributed by atoms with van der Waals surface area (Å²) >= 11 is 0. The molecule has 2 rings (SSSR count). The van der Waals surface area contributed by atoms with E-state index in [4.69, 9.17) is 4.74 Å². The van der Waals surface area contributed by atoms with Crippen LogP contribution in [-0.4, -0.2) is 29.6 Å². The molecule has 0 saturated heterocycles. The molecule has 0 heterocycles. The highest BCUT2D eigenvalue weighted by Gasteiger charge is 2.37. The average molecular weight is 413 g/mol. The zero-order valence-corrected chi connectivity index (χ0v) is 18.4. The van der Waals surface area contributed by atoms with E-state index in [2.05, 4.69) is 19.1 Å². The number of ether oxygens (including phenoxy) is 1. The Morgan fingerprint density at radius 2 is 1.97 bits per heavy atom. The van der Waals surface area contributed by atoms with E-state index in [0.717, 1.165) is 49.7 Å². The number of aliphatic hydroxyl groups excluding tert-OH is 1. The highest BCUT2D eigenvalue weighted by molar-refractivity contribution is 5.99. The molecule has 0 aliphatic heterocycles. The predicted octanol–water partition coefficient (Wildman–Crippen LogP) is 5.13. The Kier molecular flexibility index (Phi) is 10.0. The van der Waals surface area contributed by atoms with Crippen LogP contribution >= 0.6 is 0 Å². The van der Waals surface area contributed by atoms with Gasteiger partial charge in [0, 0.05) is 6.42 Å². The Labute approximate surface area is 181 Å². The predicted molar refractivity (Wildman–Crippen MR) is 120 cm³/mol. The van der Waals surface area contributed by atoms with Crippen molar-refractivity contribution in [1.29, 1.82) is 0 Å². The number of esters is 1. The molecule has 0 fully saturated rings. The molecule has 0 unspecified atom stereocenters. The van der Waals surface area contributed by atoms with Crippen LogP contribution in [0.15, 0.2) is 48.6 Å². The first-order chi connectivity index (χ1) is 14.5. The van der Waals surface area contributed by atoms with Crippen molar-refractivity contribution in [3.8, 4) is 0 Å². The fourth-order valence-electron chi connectivity index (χ4n) is 3.98. The number of aliphatic hydroxyl groups is 1. The summed E-state index contributed by atoms with van der Waals surface area (Å²) in [6.07, 6.45) is 13.9. The lowest BCUT2D eigenvalue weighted by molar-refractivity contribution is -0.143. The van der Waals surface area contributed by atoms with Crippen LogP contribution in [0.2, 0.25) is 0 Å². The van der Waals surface area contributed by atoms with Crippen LogP contribution in [0, 0.1) is 5.41 Å². The smallest absolute Gasteiger partial charge is 0.305 e. The molecule has 0 amide bonds. The van der Waals surface area contributed by atoms with Gasteiger partial charge in [-0.3, -0.25) is 9.59 Å². The normalized spacial score (nSPS) is 19.5. The van der Waals surface area contributed by atoms with Gasteiger partial charge in [0.15, 0.2) is 5.78 Å². The lowest BCUT2D eigenvalue weighted by atomic mass is 9.76. The molecule has 1 aliphatic rings. The van der Waals surface area contributed by atoms with Crippen molar-refractivity contribution in [2.45, 2.75) is 77.7 Å². The molecule has 1 aliphatic carbocycles. The zero-order chi connectivity index (χ0) is 21.8. The van der Waals surface area contributed by atoms with Gasteiger partial charge in [-0.15, -0.1) is 0 Å². The number of hydrogen-bond donors (Lipinski definition) is 1. The first kappa shape index (κ1) is 24.1. The van der Waals surface area contributed by atoms with Gasteiger partial charge in [0.1, 0.15) is 0 Å². The number of benzene rings is 1. The van der Waals surface area contributed by atoms with Gasteiger partial charge in [0.25, 0.3) is 0 Å². The molecule has 30 heavy (non-hydrogen) atoms. The maximum Gasteiger partial charge on any atom is 0.305 e. The number of unbranched alkanes of at least 4 members (excludes halogenated alkanes) is 2. The molecular weight excluding hydrogens is 376 g/mol. The summed E-state index contributed by atoms with van der Waals surface area (Å²) in [4.78, 5) is 24.4. The van der Waals surface area contributed by atoms with Gasteiger partial charge < -0.3 is 9.84 Å². The SMILES string of the molecule is CCCCC[C@H](O)/C=C/[C@]1(Cc2ccccc2CCCC(=O)OCC)CC=CC1=O. The Hall–Kier alpha value is -2.20. The minimum absolute atomic E-state index is 0.0980. The second-order valence-corrected chi connectivity index (χ2v) is 8.15. The third kappa shape index (κ3) is 7.24. The third-order valence-electron chi connectivity index (χ3n) is 5.74. The summed E-state index contributed by atoms with van der Waals surface area (Å²) in [6.45, 7) is 4.36. The number of aryl methyl sites for hydroxylation is 1. The summed E-state index contributed by atoms with van der Waals surface area (Å²) in [6, 6.07) is 8.13. The minimum Gasteiger partial charge on any atom is -0.466 e. The molecule has 0 spiro atoms. The van der Waals surface area contributed by atoms with Crippen molar-refractivity contribution >= 4 is 11.8 Å². The second-order valence-electron chi connectivity index (χ2n) is 8.15. The van der Waals surface area contributed by atoms with Crippen molar-refractivity contribution in [3.05, 3.63) is 59.7 Å². The Morgan fingerprint density at radius 1 is 1.20 bits per heavy atom. The van der Waals surface area contributed by atoms with E-state index in [9.17, 15) is 14.7 Å². The molecule has 1 aromatic rings. The van der Waals surface area contributed by atoms with Crippen molar-refractivity contribution in [3.63, 3.8) is 0 Å². The lowest BCUT2D eigenvalue weighted by Gasteiger charge is -2.25. The van der Waals surface area contributed by atoms with E-state index < -0.39 is 11.5 Å². The van der Waals surface area contributed by atoms with Gasteiger partial charge in [-0.2, -0.15) is 0 Å². The fraction of sp³-hybridized carbons (Fsp3) is 0.538. The molecule has 2 atom stereocenters. The van der Waals surface area contributed by atoms with Crippen LogP contribution in [0.3, 0.4) is 0 Å². The quantitative estimate of drug-likeness (QED) is 0.277. The molecule has 0 radical (unpaired) electrons. The van der Waals surface area contributed by atoms with Gasteiger partial charge >= 0.3 is 5.97 Å². The maximum absolute atomic E-state index is 12.8. The molecule has 0 aromatic heterocycles. The lowest BCUT2D eigenvalue weighted by Crippen LogP contribution is -2.27. The average Bonchev–Trinajstić information content (AvgIpc) is 3.08. The molecule has 4 nitrogen and oxygen atoms in total. The van der Waals surface area contributed by atoms with Crippen molar-refractivity contribution < 1.29 is 19.4 Å². The van der Waals surface area contributed by atoms with Gasteiger partial charge in [-0.05, 0) is 56.2 Å². The van der Waals surface area contributed by atoms with E-state index >= 15 is 0 Å². The second kappa shape index (κ2) is 12.5. The summed E-state index contributed by atoms with van der Waals surface area (Å²) in [5, 5.41) is 10.3. The molecular formula is C26H36O4. The summed E-state index contributed by atoms with van der Waals surface area (Å²) in [7, 11) is 0. The molecule has 1 N–H and O–H groups in total. The van der Waals surface area contributed by atoms with Crippen LogP contribution in [0.5, 0.6) is 0 Å². The number of allylic oxidation sites excluding steroid dienone is 3. The molecule has 164 valence electrons. The summed E-state index contributed by atoms with van der Waals surface area (Å²) in [5.74, 6) is -0.0672. The van der Waals surface area contributed by atoms with E-state index in [1.807, 2.05) is 37.3 Å². The van der Waals surface area contributed by atoms with E-state index in [1.165, 1.54) is 0 Å². The highest BCUT2D eigenvalue weighted by atomic mass is 16.5. The van der Waals surface area contributed by atoms with Crippen LogP contribution in [-0.2, 0) is 27.2 Å². The van der Waals surface area contributed by atoms with Gasteiger partial charge in [0.05, 0.1) is 18.1 Å². The molecule has 0 bridgehead atoms. The third-order valence-corrected chi connectivity index (χ3v) is 5.74. The number of carbonyl (C=O) groups excluding carboxylic acids is 2. The monoisotopic (exact) mass is 412 g/mol. The van der Waals surface area contributed by atoms with Crippen LogP contribution < -0.4 is 0 Å². The summed E-state index contributed by atoms with van der Waals surface area (Å²) in [5.41, 5.74) is 1.67. The number of rotatable bonds is 13. The fourth-order valence-corrected chi connectivity index (χ4v) is 3.98. The minimum atomic E-state index is -0.622. The Morgan fingerprint density at radius 3 is 2.63 bits per heavy atom. The van der Waals surface area contributed by atoms with E-state index in [1.54, 1.807) is 6.08 Å². The van der Waals surface area contributed by atoms with Gasteiger partial charge in [-0.25, -0.2) is 0 Å². The highest BCUT2D eigenvalue weighted by Crippen LogP contribution is 2.37. The Bertz CT molecular complexity index is 749. The van der Waals surface area contributed by atoms with Crippen molar-refractivity contribution in [2.24, 2.45) is 5.41 Å². The topological polar surface area (TPSA) is 63.6 Å². The summed E-state index contributed by atoms with van der Waals surface area (Å²) < 4.78 is 5.01. The Balaban J connectivity index is 2.08. The van der Waals surface area contributed by atoms with Crippen LogP contribution in [0.1, 0.15) is 69.9 Å². The largest absolute Gasteiger partial charge is 0.466 e. The number of hydrogen-bond acceptors (Lipinski definition) is 4. The first-order valence-corrected chi connectivity index (χ1v) is 11.3. The van der Waals surface area contributed by atoms with Crippen LogP contribution in [0.4, 0.5) is 0 Å². The van der Waals surface area contributed by atoms with Gasteiger partial charge in [0.2, 0.25) is 0 Å². The van der Waals surface area contributed by atoms with Crippen molar-refractivity contribution in [2.75, 3.05) is 6.61 Å². The number of ketones is 1. The van der Waals surface area contributed by atoms with E-state index in [-0.39, 0.29) is 11.8 Å². The molecule has 1 aromatic carbocycles. The standard InChI is InChI=1S/C26H36O4/c1-3-5-6-14-23(27)17-19-26(18-10-15-24(26)28)20-22-12-8-7-11-21(22)13-9-16-25(29)30-4-2/h7-8,10-12,15,17,19,23,27H,3-6,9,13-14,16,18,20H2,1-2H3/b19-17+/t23-,26-/m0/s1. The zero-order valence-electron chi connectivity index (χ0n) is 18.4. The van der Waals surface area contributed by atoms with Crippen LogP contribution in [0.25, 0.3) is 0 Å². The van der Waals surface area contributed by atoms with Gasteiger partial charge in [-0.1, -0.05) is 68.7 Å².